The summed E-state index contributed by atoms with van der Waals surface area (Å²) in [6, 6.07) is 0. The Morgan fingerprint density at radius 2 is 2.38 bits per heavy atom. The van der Waals surface area contributed by atoms with Crippen molar-refractivity contribution < 1.29 is 4.74 Å². The van der Waals surface area contributed by atoms with Crippen LogP contribution in [0.2, 0.25) is 0 Å². The molecule has 0 saturated heterocycles. The highest BCUT2D eigenvalue weighted by Gasteiger charge is 2.02. The molecule has 1 N–H and O–H groups in total. The van der Waals surface area contributed by atoms with Crippen molar-refractivity contribution in [2.24, 2.45) is 0 Å². The lowest BCUT2D eigenvalue weighted by molar-refractivity contribution is 0.183. The lowest BCUT2D eigenvalue weighted by atomic mass is 10.3. The molecule has 13 heavy (non-hydrogen) atoms. The minimum atomic E-state index is 0.708. The lowest BCUT2D eigenvalue weighted by Gasteiger charge is -1.98. The molecule has 74 valence electrons. The Hall–Kier alpha value is -0.870. The van der Waals surface area contributed by atoms with Gasteiger partial charge in [-0.3, -0.25) is 4.68 Å². The molecule has 0 radical (unpaired) electrons. The first kappa shape index (κ1) is 10.2. The lowest BCUT2D eigenvalue weighted by Crippen LogP contribution is -2.05. The van der Waals surface area contributed by atoms with Crippen molar-refractivity contribution in [3.05, 3.63) is 17.5 Å². The number of aryl methyl sites for hydroxylation is 1. The first-order chi connectivity index (χ1) is 6.27. The zero-order chi connectivity index (χ0) is 9.68. The van der Waals surface area contributed by atoms with Crippen LogP contribution in [0.25, 0.3) is 0 Å². The molecule has 0 bridgehead atoms. The van der Waals surface area contributed by atoms with Crippen molar-refractivity contribution in [2.45, 2.75) is 20.0 Å². The summed E-state index contributed by atoms with van der Waals surface area (Å²) in [7, 11) is 3.64. The van der Waals surface area contributed by atoms with Crippen molar-refractivity contribution in [1.82, 2.24) is 15.1 Å². The Kier molecular flexibility index (Phi) is 3.92. The minimum absolute atomic E-state index is 0.708. The number of hydrogen-bond donors (Lipinski definition) is 1. The number of nitrogens with one attached hydrogen (secondary N) is 1. The van der Waals surface area contributed by atoms with E-state index in [0.29, 0.717) is 6.61 Å². The largest absolute Gasteiger partial charge is 0.383 e. The minimum Gasteiger partial charge on any atom is -0.383 e. The van der Waals surface area contributed by atoms with Crippen LogP contribution in [-0.4, -0.2) is 30.5 Å². The van der Waals surface area contributed by atoms with E-state index in [4.69, 9.17) is 4.74 Å². The Balaban J connectivity index is 2.59. The fourth-order valence-corrected chi connectivity index (χ4v) is 1.22. The molecule has 0 aliphatic carbocycles. The van der Waals surface area contributed by atoms with Gasteiger partial charge in [-0.25, -0.2) is 0 Å². The van der Waals surface area contributed by atoms with Gasteiger partial charge in [-0.1, -0.05) is 0 Å². The first-order valence-electron chi connectivity index (χ1n) is 4.44. The summed E-state index contributed by atoms with van der Waals surface area (Å²) < 4.78 is 6.90. The molecular formula is C9H17N3O. The van der Waals surface area contributed by atoms with Gasteiger partial charge in [0, 0.05) is 25.4 Å². The Morgan fingerprint density at radius 1 is 1.62 bits per heavy atom. The van der Waals surface area contributed by atoms with Crippen LogP contribution in [0.15, 0.2) is 6.20 Å². The van der Waals surface area contributed by atoms with E-state index in [-0.39, 0.29) is 0 Å². The predicted molar refractivity (Wildman–Crippen MR) is 51.6 cm³/mol. The molecule has 1 heterocycles. The average molecular weight is 183 g/mol. The fourth-order valence-electron chi connectivity index (χ4n) is 1.22. The molecule has 1 aromatic heterocycles. The molecule has 0 fully saturated rings. The Bertz CT molecular complexity index is 257. The number of methoxy groups -OCH3 is 1. The maximum absolute atomic E-state index is 4.98. The van der Waals surface area contributed by atoms with Gasteiger partial charge in [0.2, 0.25) is 0 Å². The summed E-state index contributed by atoms with van der Waals surface area (Å²) >= 11 is 0. The van der Waals surface area contributed by atoms with Gasteiger partial charge in [0.1, 0.15) is 0 Å². The molecule has 0 unspecified atom stereocenters. The molecule has 4 nitrogen and oxygen atoms in total. The van der Waals surface area contributed by atoms with Gasteiger partial charge >= 0.3 is 0 Å². The normalized spacial score (nSPS) is 10.7. The van der Waals surface area contributed by atoms with Crippen molar-refractivity contribution in [2.75, 3.05) is 20.8 Å². The highest BCUT2D eigenvalue weighted by molar-refractivity contribution is 5.14. The average Bonchev–Trinajstić information content (AvgIpc) is 2.45. The maximum Gasteiger partial charge on any atom is 0.0658 e. The van der Waals surface area contributed by atoms with Crippen LogP contribution < -0.4 is 5.32 Å². The number of rotatable bonds is 5. The van der Waals surface area contributed by atoms with E-state index in [1.807, 2.05) is 18.7 Å². The monoisotopic (exact) mass is 183 g/mol. The molecule has 0 saturated carbocycles. The van der Waals surface area contributed by atoms with Crippen molar-refractivity contribution in [1.29, 1.82) is 0 Å². The highest BCUT2D eigenvalue weighted by Crippen LogP contribution is 2.04. The molecule has 1 aromatic rings. The second-order valence-corrected chi connectivity index (χ2v) is 3.03. The molecule has 0 amide bonds. The molecule has 0 spiro atoms. The van der Waals surface area contributed by atoms with Crippen molar-refractivity contribution >= 4 is 0 Å². The van der Waals surface area contributed by atoms with Crippen LogP contribution in [0.5, 0.6) is 0 Å². The zero-order valence-corrected chi connectivity index (χ0v) is 8.50. The van der Waals surface area contributed by atoms with Crippen LogP contribution >= 0.6 is 0 Å². The van der Waals surface area contributed by atoms with Crippen LogP contribution in [0, 0.1) is 6.92 Å². The van der Waals surface area contributed by atoms with Gasteiger partial charge in [0.25, 0.3) is 0 Å². The smallest absolute Gasteiger partial charge is 0.0658 e. The molecule has 0 atom stereocenters. The van der Waals surface area contributed by atoms with Gasteiger partial charge in [0.15, 0.2) is 0 Å². The summed E-state index contributed by atoms with van der Waals surface area (Å²) in [5, 5.41) is 7.47. The molecular weight excluding hydrogens is 166 g/mol. The molecule has 4 heteroatoms. The summed E-state index contributed by atoms with van der Waals surface area (Å²) in [5.41, 5.74) is 2.34. The zero-order valence-electron chi connectivity index (χ0n) is 8.50. The second kappa shape index (κ2) is 4.99. The van der Waals surface area contributed by atoms with Gasteiger partial charge < -0.3 is 10.1 Å². The van der Waals surface area contributed by atoms with Crippen molar-refractivity contribution in [3.8, 4) is 0 Å². The number of hydrogen-bond acceptors (Lipinski definition) is 3. The highest BCUT2D eigenvalue weighted by atomic mass is 16.5. The van der Waals surface area contributed by atoms with Crippen LogP contribution in [0.3, 0.4) is 0 Å². The Morgan fingerprint density at radius 3 is 3.00 bits per heavy atom. The predicted octanol–water partition coefficient (Wildman–Crippen LogP) is 0.557. The number of ether oxygens (including phenoxy) is 1. The van der Waals surface area contributed by atoms with Crippen LogP contribution in [0.1, 0.15) is 11.3 Å². The van der Waals surface area contributed by atoms with Gasteiger partial charge in [-0.05, 0) is 14.0 Å². The van der Waals surface area contributed by atoms with Crippen LogP contribution in [0.4, 0.5) is 0 Å². The van der Waals surface area contributed by atoms with Gasteiger partial charge in [-0.2, -0.15) is 5.10 Å². The fraction of sp³-hybridized carbons (Fsp3) is 0.667. The van der Waals surface area contributed by atoms with E-state index < -0.39 is 0 Å². The van der Waals surface area contributed by atoms with E-state index in [1.54, 1.807) is 7.11 Å². The third kappa shape index (κ3) is 2.82. The van der Waals surface area contributed by atoms with Crippen LogP contribution in [-0.2, 0) is 17.8 Å². The third-order valence-electron chi connectivity index (χ3n) is 1.94. The topological polar surface area (TPSA) is 39.1 Å². The third-order valence-corrected chi connectivity index (χ3v) is 1.94. The second-order valence-electron chi connectivity index (χ2n) is 3.03. The van der Waals surface area contributed by atoms with E-state index in [2.05, 4.69) is 16.6 Å². The first-order valence-corrected chi connectivity index (χ1v) is 4.44. The summed E-state index contributed by atoms with van der Waals surface area (Å²) in [5.74, 6) is 0. The number of aromatic nitrogens is 2. The molecule has 0 aliphatic rings. The van der Waals surface area contributed by atoms with E-state index in [9.17, 15) is 0 Å². The summed E-state index contributed by atoms with van der Waals surface area (Å²) in [6.45, 7) is 4.43. The van der Waals surface area contributed by atoms with E-state index in [0.717, 1.165) is 18.8 Å². The molecule has 0 aromatic carbocycles. The molecule has 1 rings (SSSR count). The van der Waals surface area contributed by atoms with Gasteiger partial charge in [0.05, 0.1) is 18.8 Å². The maximum atomic E-state index is 4.98. The number of nitrogens with zero attached hydrogens (tertiary/aromatic N) is 2. The van der Waals surface area contributed by atoms with Gasteiger partial charge in [-0.15, -0.1) is 0 Å². The standard InChI is InChI=1S/C9H17N3O/c1-8-9(6-10-2)7-12(11-8)4-5-13-3/h7,10H,4-6H2,1-3H3. The SMILES string of the molecule is CNCc1cn(CCOC)nc1C. The molecule has 0 aliphatic heterocycles. The van der Waals surface area contributed by atoms with E-state index in [1.165, 1.54) is 5.56 Å². The Labute approximate surface area is 78.9 Å². The summed E-state index contributed by atoms with van der Waals surface area (Å²) in [4.78, 5) is 0. The van der Waals surface area contributed by atoms with E-state index >= 15 is 0 Å². The quantitative estimate of drug-likeness (QED) is 0.725. The van der Waals surface area contributed by atoms with Crippen molar-refractivity contribution in [3.63, 3.8) is 0 Å². The summed E-state index contributed by atoms with van der Waals surface area (Å²) in [6.07, 6.45) is 2.06.